The maximum atomic E-state index is 10.3. The summed E-state index contributed by atoms with van der Waals surface area (Å²) in [5.41, 5.74) is 0.0734. The van der Waals surface area contributed by atoms with Crippen molar-refractivity contribution in [3.63, 3.8) is 0 Å². The first-order valence-corrected chi connectivity index (χ1v) is 5.94. The van der Waals surface area contributed by atoms with Gasteiger partial charge in [-0.2, -0.15) is 0 Å². The van der Waals surface area contributed by atoms with Crippen molar-refractivity contribution in [2.75, 3.05) is 0 Å². The van der Waals surface area contributed by atoms with Gasteiger partial charge >= 0.3 is 0 Å². The minimum absolute atomic E-state index is 0.00632. The van der Waals surface area contributed by atoms with E-state index in [1.54, 1.807) is 0 Å². The lowest BCUT2D eigenvalue weighted by molar-refractivity contribution is -0.0862. The van der Waals surface area contributed by atoms with Gasteiger partial charge in [-0.3, -0.25) is 0 Å². The molecule has 82 valence electrons. The molecule has 0 aromatic carbocycles. The van der Waals surface area contributed by atoms with Crippen molar-refractivity contribution < 1.29 is 5.11 Å². The number of hydrogen-bond donors (Lipinski definition) is 1. The third-order valence-corrected chi connectivity index (χ3v) is 4.66. The first-order valence-electron chi connectivity index (χ1n) is 5.94. The van der Waals surface area contributed by atoms with Crippen LogP contribution in [-0.4, -0.2) is 11.2 Å². The Bertz CT molecular complexity index is 312. The molecule has 3 atom stereocenters. The number of terminal acetylenes is 1. The highest BCUT2D eigenvalue weighted by atomic mass is 16.3. The molecule has 0 bridgehead atoms. The Balaban J connectivity index is 2.40. The van der Waals surface area contributed by atoms with E-state index in [2.05, 4.69) is 25.0 Å². The molecule has 2 aliphatic carbocycles. The fourth-order valence-electron chi connectivity index (χ4n) is 3.46. The van der Waals surface area contributed by atoms with E-state index in [-0.39, 0.29) is 16.9 Å². The Morgan fingerprint density at radius 3 is 3.07 bits per heavy atom. The van der Waals surface area contributed by atoms with Crippen LogP contribution >= 0.6 is 0 Å². The van der Waals surface area contributed by atoms with Crippen molar-refractivity contribution in [1.82, 2.24) is 0 Å². The largest absolute Gasteiger partial charge is 0.393 e. The van der Waals surface area contributed by atoms with Gasteiger partial charge < -0.3 is 5.11 Å². The molecule has 1 N–H and O–H groups in total. The summed E-state index contributed by atoms with van der Waals surface area (Å²) in [7, 11) is 0. The molecule has 0 aromatic heterocycles. The second kappa shape index (κ2) is 3.68. The van der Waals surface area contributed by atoms with Crippen LogP contribution in [0.3, 0.4) is 0 Å². The van der Waals surface area contributed by atoms with E-state index in [1.165, 1.54) is 0 Å². The first-order chi connectivity index (χ1) is 7.15. The Kier molecular flexibility index (Phi) is 2.64. The highest BCUT2D eigenvalue weighted by Crippen LogP contribution is 2.57. The normalized spacial score (nSPS) is 44.5. The van der Waals surface area contributed by atoms with E-state index < -0.39 is 0 Å². The van der Waals surface area contributed by atoms with Crippen LogP contribution in [0.15, 0.2) is 12.2 Å². The number of rotatable bonds is 1. The van der Waals surface area contributed by atoms with E-state index in [0.29, 0.717) is 0 Å². The van der Waals surface area contributed by atoms with Crippen molar-refractivity contribution in [3.05, 3.63) is 12.2 Å². The maximum Gasteiger partial charge on any atom is 0.0602 e. The van der Waals surface area contributed by atoms with Crippen molar-refractivity contribution >= 4 is 0 Å². The second-order valence-corrected chi connectivity index (χ2v) is 5.30. The van der Waals surface area contributed by atoms with Crippen LogP contribution in [0, 0.1) is 23.2 Å². The highest BCUT2D eigenvalue weighted by Gasteiger charge is 2.52. The standard InChI is InChI=1S/C14H20O/c1-3-8-14-10-5-4-9-13(14,2)12(15)7-6-11-14/h1,5,10,12,15H,4,6-9,11H2,2H3/t12-,13-,14+/m1/s1. The van der Waals surface area contributed by atoms with Crippen molar-refractivity contribution in [1.29, 1.82) is 0 Å². The summed E-state index contributed by atoms with van der Waals surface area (Å²) < 4.78 is 0. The van der Waals surface area contributed by atoms with E-state index in [0.717, 1.165) is 38.5 Å². The van der Waals surface area contributed by atoms with E-state index in [9.17, 15) is 5.11 Å². The third kappa shape index (κ3) is 1.43. The molecule has 1 saturated carbocycles. The van der Waals surface area contributed by atoms with Crippen LogP contribution in [0.25, 0.3) is 0 Å². The van der Waals surface area contributed by atoms with Gasteiger partial charge in [0.2, 0.25) is 0 Å². The second-order valence-electron chi connectivity index (χ2n) is 5.30. The van der Waals surface area contributed by atoms with Crippen LogP contribution < -0.4 is 0 Å². The smallest absolute Gasteiger partial charge is 0.0602 e. The summed E-state index contributed by atoms with van der Waals surface area (Å²) in [4.78, 5) is 0. The average molecular weight is 204 g/mol. The van der Waals surface area contributed by atoms with Gasteiger partial charge in [0.25, 0.3) is 0 Å². The van der Waals surface area contributed by atoms with Gasteiger partial charge in [-0.1, -0.05) is 19.1 Å². The lowest BCUT2D eigenvalue weighted by Crippen LogP contribution is -2.51. The van der Waals surface area contributed by atoms with Gasteiger partial charge in [-0.15, -0.1) is 12.3 Å². The van der Waals surface area contributed by atoms with Crippen LogP contribution in [0.2, 0.25) is 0 Å². The van der Waals surface area contributed by atoms with Gasteiger partial charge in [-0.25, -0.2) is 0 Å². The van der Waals surface area contributed by atoms with E-state index in [1.807, 2.05) is 0 Å². The minimum Gasteiger partial charge on any atom is -0.393 e. The molecule has 2 rings (SSSR count). The first kappa shape index (κ1) is 10.8. The Labute approximate surface area is 92.6 Å². The maximum absolute atomic E-state index is 10.3. The summed E-state index contributed by atoms with van der Waals surface area (Å²) in [5.74, 6) is 2.81. The van der Waals surface area contributed by atoms with Gasteiger partial charge in [-0.05, 0) is 32.1 Å². The summed E-state index contributed by atoms with van der Waals surface area (Å²) in [6, 6.07) is 0. The SMILES string of the molecule is C#CC[C@@]12C=CCC[C@]1(C)[C@H](O)CCC2. The molecule has 0 amide bonds. The minimum atomic E-state index is -0.176. The summed E-state index contributed by atoms with van der Waals surface area (Å²) >= 11 is 0. The molecule has 0 aliphatic heterocycles. The molecule has 1 fully saturated rings. The van der Waals surface area contributed by atoms with E-state index >= 15 is 0 Å². The topological polar surface area (TPSA) is 20.2 Å². The molecule has 0 aromatic rings. The predicted molar refractivity (Wildman–Crippen MR) is 62.2 cm³/mol. The van der Waals surface area contributed by atoms with Crippen molar-refractivity contribution in [2.45, 2.75) is 51.6 Å². The van der Waals surface area contributed by atoms with Crippen molar-refractivity contribution in [2.24, 2.45) is 10.8 Å². The molecule has 15 heavy (non-hydrogen) atoms. The lowest BCUT2D eigenvalue weighted by atomic mass is 9.51. The van der Waals surface area contributed by atoms with Crippen LogP contribution in [0.5, 0.6) is 0 Å². The molecule has 0 heterocycles. The summed E-state index contributed by atoms with van der Waals surface area (Å²) in [6.07, 6.45) is 16.0. The molecular weight excluding hydrogens is 184 g/mol. The zero-order chi connectivity index (χ0) is 10.9. The molecule has 0 saturated heterocycles. The van der Waals surface area contributed by atoms with Gasteiger partial charge in [0, 0.05) is 17.3 Å². The monoisotopic (exact) mass is 204 g/mol. The molecule has 0 radical (unpaired) electrons. The zero-order valence-corrected chi connectivity index (χ0v) is 9.50. The van der Waals surface area contributed by atoms with Gasteiger partial charge in [0.15, 0.2) is 0 Å². The van der Waals surface area contributed by atoms with Crippen LogP contribution in [0.4, 0.5) is 0 Å². The lowest BCUT2D eigenvalue weighted by Gasteiger charge is -2.54. The predicted octanol–water partition coefficient (Wildman–Crippen LogP) is 2.90. The highest BCUT2D eigenvalue weighted by molar-refractivity contribution is 5.19. The quantitative estimate of drug-likeness (QED) is 0.514. The Morgan fingerprint density at radius 1 is 1.53 bits per heavy atom. The number of hydrogen-bond acceptors (Lipinski definition) is 1. The number of aliphatic hydroxyl groups is 1. The fourth-order valence-corrected chi connectivity index (χ4v) is 3.46. The molecule has 1 heteroatoms. The van der Waals surface area contributed by atoms with Crippen LogP contribution in [-0.2, 0) is 0 Å². The van der Waals surface area contributed by atoms with Crippen LogP contribution in [0.1, 0.15) is 45.4 Å². The molecule has 1 nitrogen and oxygen atoms in total. The van der Waals surface area contributed by atoms with Crippen molar-refractivity contribution in [3.8, 4) is 12.3 Å². The fraction of sp³-hybridized carbons (Fsp3) is 0.714. The number of aliphatic hydroxyl groups excluding tert-OH is 1. The molecule has 0 spiro atoms. The third-order valence-electron chi connectivity index (χ3n) is 4.66. The van der Waals surface area contributed by atoms with Gasteiger partial charge in [0.1, 0.15) is 0 Å². The Hall–Kier alpha value is -0.740. The molecule has 0 unspecified atom stereocenters. The Morgan fingerprint density at radius 2 is 2.33 bits per heavy atom. The average Bonchev–Trinajstić information content (AvgIpc) is 2.21. The number of fused-ring (bicyclic) bond motifs is 1. The van der Waals surface area contributed by atoms with Gasteiger partial charge in [0.05, 0.1) is 6.10 Å². The van der Waals surface area contributed by atoms with E-state index in [4.69, 9.17) is 6.42 Å². The zero-order valence-electron chi connectivity index (χ0n) is 9.50. The summed E-state index contributed by atoms with van der Waals surface area (Å²) in [5, 5.41) is 10.3. The molecule has 2 aliphatic rings. The number of allylic oxidation sites excluding steroid dienone is 2. The molecular formula is C14H20O. The summed E-state index contributed by atoms with van der Waals surface area (Å²) in [6.45, 7) is 2.22.